The highest BCUT2D eigenvalue weighted by Gasteiger charge is 2.01. The van der Waals surface area contributed by atoms with Crippen LogP contribution in [0, 0.1) is 6.92 Å². The summed E-state index contributed by atoms with van der Waals surface area (Å²) in [5, 5.41) is 6.57. The number of ether oxygens (including phenoxy) is 1. The van der Waals surface area contributed by atoms with E-state index in [0.717, 1.165) is 17.1 Å². The van der Waals surface area contributed by atoms with Crippen LogP contribution >= 0.6 is 0 Å². The molecule has 5 heteroatoms. The summed E-state index contributed by atoms with van der Waals surface area (Å²) in [6.07, 6.45) is 1.75. The molecule has 5 nitrogen and oxygen atoms in total. The Balaban J connectivity index is 1.56. The maximum atomic E-state index is 5.17. The lowest BCUT2D eigenvalue weighted by Gasteiger charge is -2.09. The number of methoxy groups -OCH3 is 1. The van der Waals surface area contributed by atoms with E-state index in [9.17, 15) is 0 Å². The molecule has 0 radical (unpaired) electrons. The second-order valence-corrected chi connectivity index (χ2v) is 5.81. The summed E-state index contributed by atoms with van der Waals surface area (Å²) in [5.41, 5.74) is 3.61. The van der Waals surface area contributed by atoms with Crippen molar-refractivity contribution in [3.8, 4) is 5.75 Å². The minimum atomic E-state index is 0.611. The molecular weight excluding hydrogens is 312 g/mol. The van der Waals surface area contributed by atoms with Crippen molar-refractivity contribution in [2.75, 3.05) is 17.7 Å². The van der Waals surface area contributed by atoms with Gasteiger partial charge in [0.2, 0.25) is 5.95 Å². The van der Waals surface area contributed by atoms with Gasteiger partial charge in [-0.25, -0.2) is 4.98 Å². The van der Waals surface area contributed by atoms with Gasteiger partial charge in [-0.1, -0.05) is 42.0 Å². The van der Waals surface area contributed by atoms with Gasteiger partial charge in [0.25, 0.3) is 0 Å². The lowest BCUT2D eigenvalue weighted by atomic mass is 10.1. The van der Waals surface area contributed by atoms with Gasteiger partial charge < -0.3 is 15.4 Å². The molecule has 25 heavy (non-hydrogen) atoms. The summed E-state index contributed by atoms with van der Waals surface area (Å²) < 4.78 is 5.17. The van der Waals surface area contributed by atoms with Crippen LogP contribution in [0.1, 0.15) is 16.7 Å². The topological polar surface area (TPSA) is 59.1 Å². The zero-order chi connectivity index (χ0) is 17.5. The molecule has 0 saturated heterocycles. The summed E-state index contributed by atoms with van der Waals surface area (Å²) in [6.45, 7) is 3.47. The van der Waals surface area contributed by atoms with Gasteiger partial charge in [0, 0.05) is 19.3 Å². The minimum Gasteiger partial charge on any atom is -0.497 e. The van der Waals surface area contributed by atoms with Crippen molar-refractivity contribution in [2.24, 2.45) is 0 Å². The van der Waals surface area contributed by atoms with Crippen LogP contribution in [0.15, 0.2) is 60.8 Å². The first kappa shape index (κ1) is 16.8. The number of hydrogen-bond acceptors (Lipinski definition) is 5. The molecule has 0 aliphatic carbocycles. The van der Waals surface area contributed by atoms with E-state index in [0.29, 0.717) is 19.0 Å². The van der Waals surface area contributed by atoms with Crippen LogP contribution in [-0.2, 0) is 13.1 Å². The molecule has 0 aliphatic rings. The number of aryl methyl sites for hydroxylation is 1. The molecule has 128 valence electrons. The van der Waals surface area contributed by atoms with E-state index < -0.39 is 0 Å². The fraction of sp³-hybridized carbons (Fsp3) is 0.200. The van der Waals surface area contributed by atoms with Crippen molar-refractivity contribution in [3.05, 3.63) is 77.5 Å². The standard InChI is InChI=1S/C20H22N4O/c1-15-3-5-16(6-4-15)14-23-20-21-12-11-19(24-20)22-13-17-7-9-18(25-2)10-8-17/h3-12H,13-14H2,1-2H3,(H2,21,22,23,24). The van der Waals surface area contributed by atoms with E-state index in [1.807, 2.05) is 30.3 Å². The molecule has 0 saturated carbocycles. The first-order valence-electron chi connectivity index (χ1n) is 8.22. The van der Waals surface area contributed by atoms with E-state index in [-0.39, 0.29) is 0 Å². The lowest BCUT2D eigenvalue weighted by Crippen LogP contribution is -2.06. The van der Waals surface area contributed by atoms with E-state index in [1.165, 1.54) is 11.1 Å². The Morgan fingerprint density at radius 1 is 0.840 bits per heavy atom. The third kappa shape index (κ3) is 4.94. The summed E-state index contributed by atoms with van der Waals surface area (Å²) in [4.78, 5) is 8.77. The Kier molecular flexibility index (Phi) is 5.46. The molecule has 1 heterocycles. The first-order chi connectivity index (χ1) is 12.2. The fourth-order valence-electron chi connectivity index (χ4n) is 2.37. The fourth-order valence-corrected chi connectivity index (χ4v) is 2.37. The highest BCUT2D eigenvalue weighted by Crippen LogP contribution is 2.13. The predicted molar refractivity (Wildman–Crippen MR) is 101 cm³/mol. The van der Waals surface area contributed by atoms with Crippen LogP contribution in [0.5, 0.6) is 5.75 Å². The number of benzene rings is 2. The molecule has 3 rings (SSSR count). The third-order valence-corrected chi connectivity index (χ3v) is 3.86. The molecule has 0 spiro atoms. The Labute approximate surface area is 148 Å². The molecule has 1 aromatic heterocycles. The average Bonchev–Trinajstić information content (AvgIpc) is 2.67. The zero-order valence-corrected chi connectivity index (χ0v) is 14.5. The molecular formula is C20H22N4O. The maximum absolute atomic E-state index is 5.17. The van der Waals surface area contributed by atoms with Crippen LogP contribution in [0.3, 0.4) is 0 Å². The summed E-state index contributed by atoms with van der Waals surface area (Å²) in [7, 11) is 1.67. The van der Waals surface area contributed by atoms with Gasteiger partial charge in [-0.05, 0) is 36.2 Å². The number of nitrogens with one attached hydrogen (secondary N) is 2. The first-order valence-corrected chi connectivity index (χ1v) is 8.22. The van der Waals surface area contributed by atoms with Gasteiger partial charge in [0.15, 0.2) is 0 Å². The van der Waals surface area contributed by atoms with Crippen LogP contribution in [-0.4, -0.2) is 17.1 Å². The van der Waals surface area contributed by atoms with E-state index in [1.54, 1.807) is 13.3 Å². The van der Waals surface area contributed by atoms with Crippen molar-refractivity contribution < 1.29 is 4.74 Å². The summed E-state index contributed by atoms with van der Waals surface area (Å²) in [5.74, 6) is 2.26. The molecule has 0 bridgehead atoms. The largest absolute Gasteiger partial charge is 0.497 e. The van der Waals surface area contributed by atoms with E-state index in [4.69, 9.17) is 4.74 Å². The number of nitrogens with zero attached hydrogens (tertiary/aromatic N) is 2. The van der Waals surface area contributed by atoms with Gasteiger partial charge in [0.1, 0.15) is 11.6 Å². The normalized spacial score (nSPS) is 10.3. The van der Waals surface area contributed by atoms with Gasteiger partial charge in [0.05, 0.1) is 7.11 Å². The van der Waals surface area contributed by atoms with Gasteiger partial charge >= 0.3 is 0 Å². The Morgan fingerprint density at radius 2 is 1.48 bits per heavy atom. The molecule has 2 aromatic carbocycles. The van der Waals surface area contributed by atoms with Crippen LogP contribution in [0.4, 0.5) is 11.8 Å². The minimum absolute atomic E-state index is 0.611. The summed E-state index contributed by atoms with van der Waals surface area (Å²) in [6, 6.07) is 18.2. The maximum Gasteiger partial charge on any atom is 0.224 e. The van der Waals surface area contributed by atoms with Gasteiger partial charge in [-0.2, -0.15) is 4.98 Å². The molecule has 2 N–H and O–H groups in total. The predicted octanol–water partition coefficient (Wildman–Crippen LogP) is 4.02. The number of aromatic nitrogens is 2. The zero-order valence-electron chi connectivity index (χ0n) is 14.5. The van der Waals surface area contributed by atoms with Gasteiger partial charge in [-0.15, -0.1) is 0 Å². The van der Waals surface area contributed by atoms with Crippen LogP contribution in [0.2, 0.25) is 0 Å². The number of anilines is 2. The van der Waals surface area contributed by atoms with Crippen molar-refractivity contribution in [1.82, 2.24) is 9.97 Å². The van der Waals surface area contributed by atoms with Crippen molar-refractivity contribution in [3.63, 3.8) is 0 Å². The quantitative estimate of drug-likeness (QED) is 0.683. The van der Waals surface area contributed by atoms with E-state index in [2.05, 4.69) is 51.8 Å². The van der Waals surface area contributed by atoms with Crippen LogP contribution in [0.25, 0.3) is 0 Å². The molecule has 0 aliphatic heterocycles. The SMILES string of the molecule is COc1ccc(CNc2ccnc(NCc3ccc(C)cc3)n2)cc1. The van der Waals surface area contributed by atoms with E-state index >= 15 is 0 Å². The van der Waals surface area contributed by atoms with Gasteiger partial charge in [-0.3, -0.25) is 0 Å². The van der Waals surface area contributed by atoms with Crippen molar-refractivity contribution >= 4 is 11.8 Å². The number of rotatable bonds is 7. The second-order valence-electron chi connectivity index (χ2n) is 5.81. The van der Waals surface area contributed by atoms with Crippen LogP contribution < -0.4 is 15.4 Å². The third-order valence-electron chi connectivity index (χ3n) is 3.86. The smallest absolute Gasteiger partial charge is 0.224 e. The Morgan fingerprint density at radius 3 is 2.16 bits per heavy atom. The highest BCUT2D eigenvalue weighted by molar-refractivity contribution is 5.41. The molecule has 0 fully saturated rings. The molecule has 0 unspecified atom stereocenters. The Hall–Kier alpha value is -3.08. The molecule has 0 atom stereocenters. The lowest BCUT2D eigenvalue weighted by molar-refractivity contribution is 0.414. The monoisotopic (exact) mass is 334 g/mol. The Bertz CT molecular complexity index is 801. The molecule has 0 amide bonds. The highest BCUT2D eigenvalue weighted by atomic mass is 16.5. The van der Waals surface area contributed by atoms with Crippen molar-refractivity contribution in [1.29, 1.82) is 0 Å². The van der Waals surface area contributed by atoms with Crippen molar-refractivity contribution in [2.45, 2.75) is 20.0 Å². The second kappa shape index (κ2) is 8.15. The number of hydrogen-bond donors (Lipinski definition) is 2. The average molecular weight is 334 g/mol. The molecule has 3 aromatic rings. The summed E-state index contributed by atoms with van der Waals surface area (Å²) >= 11 is 0.